The fourth-order valence-corrected chi connectivity index (χ4v) is 3.17. The highest BCUT2D eigenvalue weighted by atomic mass is 16.5. The highest BCUT2D eigenvalue weighted by Crippen LogP contribution is 2.21. The van der Waals surface area contributed by atoms with Gasteiger partial charge in [-0.25, -0.2) is 9.79 Å². The normalized spacial score (nSPS) is 23.3. The van der Waals surface area contributed by atoms with Gasteiger partial charge < -0.3 is 24.6 Å². The molecule has 0 aromatic heterocycles. The van der Waals surface area contributed by atoms with Crippen molar-refractivity contribution in [2.24, 2.45) is 4.99 Å². The van der Waals surface area contributed by atoms with Gasteiger partial charge in [-0.2, -0.15) is 0 Å². The SMILES string of the molecule is CCOCCN1C(=NCc2ccc(OC)cc2)NC2C1C(=O)NC(=O)N2C. The van der Waals surface area contributed by atoms with Gasteiger partial charge in [-0.1, -0.05) is 12.1 Å². The van der Waals surface area contributed by atoms with Crippen LogP contribution in [0.4, 0.5) is 4.79 Å². The molecule has 2 heterocycles. The molecule has 2 N–H and O–H groups in total. The maximum atomic E-state index is 12.4. The van der Waals surface area contributed by atoms with Crippen molar-refractivity contribution in [2.45, 2.75) is 25.7 Å². The molecule has 0 aliphatic carbocycles. The standard InChI is InChI=1S/C18H25N5O4/c1-4-27-10-9-23-14-15(22(2)18(25)21-16(14)24)20-17(23)19-11-12-5-7-13(26-3)8-6-12/h5-8,14-15H,4,9-11H2,1-3H3,(H,19,20)(H,21,24,25). The molecule has 0 radical (unpaired) electrons. The number of nitrogens with zero attached hydrogens (tertiary/aromatic N) is 3. The first kappa shape index (κ1) is 19.0. The van der Waals surface area contributed by atoms with Crippen LogP contribution in [-0.4, -0.2) is 73.8 Å². The Bertz CT molecular complexity index is 721. The number of hydrogen-bond donors (Lipinski definition) is 2. The number of carbonyl (C=O) groups excluding carboxylic acids is 2. The van der Waals surface area contributed by atoms with E-state index in [1.54, 1.807) is 14.2 Å². The summed E-state index contributed by atoms with van der Waals surface area (Å²) < 4.78 is 10.6. The van der Waals surface area contributed by atoms with Gasteiger partial charge in [-0.05, 0) is 24.6 Å². The average Bonchev–Trinajstić information content (AvgIpc) is 3.04. The number of urea groups is 1. The highest BCUT2D eigenvalue weighted by Gasteiger charge is 2.49. The van der Waals surface area contributed by atoms with Gasteiger partial charge in [0.15, 0.2) is 12.0 Å². The molecule has 0 bridgehead atoms. The Morgan fingerprint density at radius 1 is 1.22 bits per heavy atom. The van der Waals surface area contributed by atoms with Crippen molar-refractivity contribution >= 4 is 17.9 Å². The van der Waals surface area contributed by atoms with Crippen LogP contribution >= 0.6 is 0 Å². The highest BCUT2D eigenvalue weighted by molar-refractivity contribution is 6.04. The van der Waals surface area contributed by atoms with Gasteiger partial charge in [0.05, 0.1) is 20.3 Å². The van der Waals surface area contributed by atoms with Crippen molar-refractivity contribution in [1.82, 2.24) is 20.4 Å². The predicted octanol–water partition coefficient (Wildman–Crippen LogP) is 0.369. The van der Waals surface area contributed by atoms with Crippen molar-refractivity contribution in [1.29, 1.82) is 0 Å². The largest absolute Gasteiger partial charge is 0.497 e. The van der Waals surface area contributed by atoms with Crippen LogP contribution < -0.4 is 15.4 Å². The molecule has 1 aromatic rings. The smallest absolute Gasteiger partial charge is 0.325 e. The lowest BCUT2D eigenvalue weighted by Crippen LogP contribution is -2.65. The molecule has 2 aliphatic heterocycles. The molecular weight excluding hydrogens is 350 g/mol. The zero-order valence-electron chi connectivity index (χ0n) is 15.8. The number of aliphatic imine (C=N–C) groups is 1. The minimum absolute atomic E-state index is 0.332. The summed E-state index contributed by atoms with van der Waals surface area (Å²) in [7, 11) is 3.28. The fourth-order valence-electron chi connectivity index (χ4n) is 3.17. The van der Waals surface area contributed by atoms with Crippen LogP contribution in [0.15, 0.2) is 29.3 Å². The van der Waals surface area contributed by atoms with Gasteiger partial charge >= 0.3 is 6.03 Å². The summed E-state index contributed by atoms with van der Waals surface area (Å²) in [5, 5.41) is 5.60. The molecule has 2 saturated heterocycles. The number of carbonyl (C=O) groups is 2. The zero-order valence-corrected chi connectivity index (χ0v) is 15.8. The maximum Gasteiger partial charge on any atom is 0.325 e. The molecule has 3 rings (SSSR count). The number of benzene rings is 1. The van der Waals surface area contributed by atoms with E-state index in [2.05, 4.69) is 15.6 Å². The summed E-state index contributed by atoms with van der Waals surface area (Å²) in [6, 6.07) is 6.68. The van der Waals surface area contributed by atoms with E-state index in [9.17, 15) is 9.59 Å². The summed E-state index contributed by atoms with van der Waals surface area (Å²) in [5.41, 5.74) is 1.01. The van der Waals surface area contributed by atoms with Crippen LogP contribution in [0.5, 0.6) is 5.75 Å². The zero-order chi connectivity index (χ0) is 19.4. The Labute approximate surface area is 158 Å². The van der Waals surface area contributed by atoms with Gasteiger partial charge in [0, 0.05) is 20.2 Å². The average molecular weight is 375 g/mol. The third-order valence-electron chi connectivity index (χ3n) is 4.67. The molecular formula is C18H25N5O4. The molecule has 27 heavy (non-hydrogen) atoms. The van der Waals surface area contributed by atoms with E-state index in [0.29, 0.717) is 32.3 Å². The quantitative estimate of drug-likeness (QED) is 0.669. The van der Waals surface area contributed by atoms with E-state index in [1.165, 1.54) is 4.90 Å². The number of ether oxygens (including phenoxy) is 2. The first-order chi connectivity index (χ1) is 13.0. The van der Waals surface area contributed by atoms with Gasteiger partial charge in [0.2, 0.25) is 0 Å². The Balaban J connectivity index is 1.79. The van der Waals surface area contributed by atoms with Crippen molar-refractivity contribution in [3.63, 3.8) is 0 Å². The number of fused-ring (bicyclic) bond motifs is 1. The second-order valence-electron chi connectivity index (χ2n) is 6.32. The van der Waals surface area contributed by atoms with E-state index in [4.69, 9.17) is 9.47 Å². The molecule has 2 fully saturated rings. The molecule has 1 aromatic carbocycles. The monoisotopic (exact) mass is 375 g/mol. The first-order valence-electron chi connectivity index (χ1n) is 8.91. The number of imide groups is 1. The van der Waals surface area contributed by atoms with Crippen LogP contribution in [0, 0.1) is 0 Å². The molecule has 146 valence electrons. The number of guanidine groups is 1. The fraction of sp³-hybridized carbons (Fsp3) is 0.500. The number of rotatable bonds is 7. The second kappa shape index (κ2) is 8.26. The molecule has 9 heteroatoms. The van der Waals surface area contributed by atoms with Gasteiger partial charge in [0.1, 0.15) is 11.9 Å². The Kier molecular flexibility index (Phi) is 5.80. The van der Waals surface area contributed by atoms with Crippen molar-refractivity contribution in [3.8, 4) is 5.75 Å². The number of amides is 3. The Morgan fingerprint density at radius 3 is 2.63 bits per heavy atom. The summed E-state index contributed by atoms with van der Waals surface area (Å²) >= 11 is 0. The number of likely N-dealkylation sites (N-methyl/N-ethyl adjacent to an activating group) is 1. The lowest BCUT2D eigenvalue weighted by molar-refractivity contribution is -0.127. The third-order valence-corrected chi connectivity index (χ3v) is 4.67. The van der Waals surface area contributed by atoms with Crippen LogP contribution in [0.1, 0.15) is 12.5 Å². The molecule has 2 atom stereocenters. The topological polar surface area (TPSA) is 95.5 Å². The molecule has 0 saturated carbocycles. The van der Waals surface area contributed by atoms with Gasteiger partial charge in [0.25, 0.3) is 5.91 Å². The van der Waals surface area contributed by atoms with E-state index in [-0.39, 0.29) is 5.91 Å². The van der Waals surface area contributed by atoms with E-state index in [0.717, 1.165) is 11.3 Å². The van der Waals surface area contributed by atoms with Crippen molar-refractivity contribution in [2.75, 3.05) is 33.9 Å². The number of nitrogens with one attached hydrogen (secondary N) is 2. The molecule has 9 nitrogen and oxygen atoms in total. The third kappa shape index (κ3) is 3.97. The summed E-state index contributed by atoms with van der Waals surface area (Å²) in [6.45, 7) is 3.92. The minimum atomic E-state index is -0.539. The van der Waals surface area contributed by atoms with Crippen LogP contribution in [0.3, 0.4) is 0 Å². The first-order valence-corrected chi connectivity index (χ1v) is 8.91. The summed E-state index contributed by atoms with van der Waals surface area (Å²) in [5.74, 6) is 1.03. The molecule has 2 unspecified atom stereocenters. The van der Waals surface area contributed by atoms with E-state index < -0.39 is 18.2 Å². The molecule has 2 aliphatic rings. The maximum absolute atomic E-state index is 12.4. The van der Waals surface area contributed by atoms with Crippen LogP contribution in [0.25, 0.3) is 0 Å². The second-order valence-corrected chi connectivity index (χ2v) is 6.32. The van der Waals surface area contributed by atoms with Gasteiger partial charge in [-0.15, -0.1) is 0 Å². The summed E-state index contributed by atoms with van der Waals surface area (Å²) in [6.07, 6.45) is -0.456. The Hall–Kier alpha value is -2.81. The molecule has 0 spiro atoms. The number of methoxy groups -OCH3 is 1. The van der Waals surface area contributed by atoms with Crippen LogP contribution in [0.2, 0.25) is 0 Å². The lowest BCUT2D eigenvalue weighted by atomic mass is 10.1. The predicted molar refractivity (Wildman–Crippen MR) is 99.3 cm³/mol. The van der Waals surface area contributed by atoms with Crippen molar-refractivity contribution < 1.29 is 19.1 Å². The van der Waals surface area contributed by atoms with Crippen molar-refractivity contribution in [3.05, 3.63) is 29.8 Å². The van der Waals surface area contributed by atoms with Gasteiger partial charge in [-0.3, -0.25) is 10.1 Å². The number of hydrogen-bond acceptors (Lipinski definition) is 5. The summed E-state index contributed by atoms with van der Waals surface area (Å²) in [4.78, 5) is 32.3. The van der Waals surface area contributed by atoms with E-state index in [1.807, 2.05) is 36.1 Å². The Morgan fingerprint density at radius 2 is 1.96 bits per heavy atom. The lowest BCUT2D eigenvalue weighted by Gasteiger charge is -2.35. The van der Waals surface area contributed by atoms with E-state index >= 15 is 0 Å². The molecule has 3 amide bonds. The van der Waals surface area contributed by atoms with Crippen LogP contribution in [-0.2, 0) is 16.1 Å². The minimum Gasteiger partial charge on any atom is -0.497 e.